The Labute approximate surface area is 121 Å². The minimum absolute atomic E-state index is 0.136. The first-order chi connectivity index (χ1) is 9.72. The van der Waals surface area contributed by atoms with E-state index in [2.05, 4.69) is 17.0 Å². The summed E-state index contributed by atoms with van der Waals surface area (Å²) in [6.07, 6.45) is 1.62. The quantitative estimate of drug-likeness (QED) is 0.703. The van der Waals surface area contributed by atoms with Gasteiger partial charge in [0.25, 0.3) is 0 Å². The molecule has 1 aromatic carbocycles. The van der Waals surface area contributed by atoms with E-state index in [0.29, 0.717) is 13.2 Å². The highest BCUT2D eigenvalue weighted by Gasteiger charge is 2.25. The van der Waals surface area contributed by atoms with Gasteiger partial charge in [-0.15, -0.1) is 0 Å². The van der Waals surface area contributed by atoms with Gasteiger partial charge in [-0.05, 0) is 31.9 Å². The van der Waals surface area contributed by atoms with Gasteiger partial charge in [-0.3, -0.25) is 9.69 Å². The van der Waals surface area contributed by atoms with Crippen LogP contribution in [0, 0.1) is 0 Å². The van der Waals surface area contributed by atoms with Crippen molar-refractivity contribution >= 4 is 5.97 Å². The molecule has 0 fully saturated rings. The third-order valence-corrected chi connectivity index (χ3v) is 3.26. The van der Waals surface area contributed by atoms with Crippen molar-refractivity contribution in [1.82, 2.24) is 4.90 Å². The normalized spacial score (nSPS) is 12.4. The van der Waals surface area contributed by atoms with E-state index in [1.54, 1.807) is 0 Å². The molecule has 0 heterocycles. The molecule has 1 atom stereocenters. The van der Waals surface area contributed by atoms with Crippen molar-refractivity contribution in [2.24, 2.45) is 5.73 Å². The van der Waals surface area contributed by atoms with E-state index >= 15 is 0 Å². The topological polar surface area (TPSA) is 55.6 Å². The molecule has 0 amide bonds. The maximum absolute atomic E-state index is 12.1. The van der Waals surface area contributed by atoms with Crippen LogP contribution in [-0.2, 0) is 16.1 Å². The molecule has 0 radical (unpaired) electrons. The molecule has 0 spiro atoms. The van der Waals surface area contributed by atoms with Crippen LogP contribution in [-0.4, -0.2) is 36.6 Å². The molecule has 1 aromatic rings. The van der Waals surface area contributed by atoms with Crippen molar-refractivity contribution in [2.45, 2.75) is 39.3 Å². The number of ether oxygens (including phenoxy) is 1. The molecule has 0 aromatic heterocycles. The average Bonchev–Trinajstić information content (AvgIpc) is 2.46. The van der Waals surface area contributed by atoms with E-state index in [4.69, 9.17) is 10.5 Å². The maximum atomic E-state index is 12.1. The van der Waals surface area contributed by atoms with Crippen LogP contribution in [0.1, 0.15) is 32.3 Å². The molecule has 1 unspecified atom stereocenters. The highest BCUT2D eigenvalue weighted by atomic mass is 16.5. The Morgan fingerprint density at radius 2 is 2.00 bits per heavy atom. The molecule has 0 bridgehead atoms. The summed E-state index contributed by atoms with van der Waals surface area (Å²) in [7, 11) is 0. The van der Waals surface area contributed by atoms with Crippen molar-refractivity contribution in [3.05, 3.63) is 35.9 Å². The monoisotopic (exact) mass is 278 g/mol. The van der Waals surface area contributed by atoms with Crippen LogP contribution in [0.2, 0.25) is 0 Å². The van der Waals surface area contributed by atoms with E-state index in [1.165, 1.54) is 5.56 Å². The van der Waals surface area contributed by atoms with Crippen molar-refractivity contribution in [3.63, 3.8) is 0 Å². The van der Waals surface area contributed by atoms with Gasteiger partial charge >= 0.3 is 5.97 Å². The fourth-order valence-corrected chi connectivity index (χ4v) is 2.27. The van der Waals surface area contributed by atoms with Gasteiger partial charge < -0.3 is 10.5 Å². The van der Waals surface area contributed by atoms with E-state index in [1.807, 2.05) is 32.0 Å². The molecule has 1 rings (SSSR count). The molecule has 2 N–H and O–H groups in total. The summed E-state index contributed by atoms with van der Waals surface area (Å²) in [5.41, 5.74) is 6.80. The van der Waals surface area contributed by atoms with Crippen LogP contribution in [0.25, 0.3) is 0 Å². The number of hydrogen-bond donors (Lipinski definition) is 1. The summed E-state index contributed by atoms with van der Waals surface area (Å²) in [5.74, 6) is -0.136. The lowest BCUT2D eigenvalue weighted by atomic mass is 10.1. The van der Waals surface area contributed by atoms with Gasteiger partial charge in [0.2, 0.25) is 0 Å². The van der Waals surface area contributed by atoms with Gasteiger partial charge in [0, 0.05) is 13.1 Å². The van der Waals surface area contributed by atoms with Gasteiger partial charge in [-0.25, -0.2) is 0 Å². The average molecular weight is 278 g/mol. The summed E-state index contributed by atoms with van der Waals surface area (Å²) >= 11 is 0. The Hall–Kier alpha value is -1.39. The van der Waals surface area contributed by atoms with Crippen LogP contribution >= 0.6 is 0 Å². The molecular formula is C16H26N2O2. The molecule has 0 aliphatic heterocycles. The minimum atomic E-state index is -0.193. The lowest BCUT2D eigenvalue weighted by molar-refractivity contribution is -0.150. The van der Waals surface area contributed by atoms with Crippen LogP contribution in [0.15, 0.2) is 30.3 Å². The number of carbonyl (C=O) groups is 1. The minimum Gasteiger partial charge on any atom is -0.465 e. The highest BCUT2D eigenvalue weighted by Crippen LogP contribution is 2.13. The third kappa shape index (κ3) is 5.31. The first-order valence-corrected chi connectivity index (χ1v) is 7.37. The lowest BCUT2D eigenvalue weighted by Gasteiger charge is -2.29. The number of nitrogens with two attached hydrogens (primary N) is 1. The fourth-order valence-electron chi connectivity index (χ4n) is 2.27. The van der Waals surface area contributed by atoms with Crippen LogP contribution in [0.5, 0.6) is 0 Å². The van der Waals surface area contributed by atoms with E-state index in [-0.39, 0.29) is 12.0 Å². The second kappa shape index (κ2) is 9.50. The van der Waals surface area contributed by atoms with E-state index in [0.717, 1.165) is 25.9 Å². The number of carbonyl (C=O) groups excluding carboxylic acids is 1. The van der Waals surface area contributed by atoms with Crippen molar-refractivity contribution < 1.29 is 9.53 Å². The molecule has 0 saturated carbocycles. The summed E-state index contributed by atoms with van der Waals surface area (Å²) in [5, 5.41) is 0. The second-order valence-corrected chi connectivity index (χ2v) is 4.77. The molecule has 20 heavy (non-hydrogen) atoms. The predicted octanol–water partition coefficient (Wildman–Crippen LogP) is 2.18. The Bertz CT molecular complexity index is 381. The van der Waals surface area contributed by atoms with Gasteiger partial charge in [-0.2, -0.15) is 0 Å². The molecule has 112 valence electrons. The van der Waals surface area contributed by atoms with Crippen molar-refractivity contribution in [1.29, 1.82) is 0 Å². The zero-order valence-corrected chi connectivity index (χ0v) is 12.5. The third-order valence-electron chi connectivity index (χ3n) is 3.26. The Kier molecular flexibility index (Phi) is 7.92. The Morgan fingerprint density at radius 3 is 2.55 bits per heavy atom. The van der Waals surface area contributed by atoms with Gasteiger partial charge in [-0.1, -0.05) is 37.3 Å². The van der Waals surface area contributed by atoms with Crippen LogP contribution < -0.4 is 5.73 Å². The largest absolute Gasteiger partial charge is 0.465 e. The zero-order valence-electron chi connectivity index (χ0n) is 12.5. The highest BCUT2D eigenvalue weighted by molar-refractivity contribution is 5.75. The number of esters is 1. The molecule has 4 nitrogen and oxygen atoms in total. The maximum Gasteiger partial charge on any atom is 0.323 e. The summed E-state index contributed by atoms with van der Waals surface area (Å²) in [6, 6.07) is 9.99. The van der Waals surface area contributed by atoms with Crippen LogP contribution in [0.3, 0.4) is 0 Å². The first kappa shape index (κ1) is 16.7. The molecule has 4 heteroatoms. The van der Waals surface area contributed by atoms with Gasteiger partial charge in [0.15, 0.2) is 0 Å². The fraction of sp³-hybridized carbons (Fsp3) is 0.562. The Balaban J connectivity index is 2.77. The lowest BCUT2D eigenvalue weighted by Crippen LogP contribution is -2.42. The molecule has 0 saturated heterocycles. The number of rotatable bonds is 9. The number of hydrogen-bond acceptors (Lipinski definition) is 4. The summed E-state index contributed by atoms with van der Waals surface area (Å²) < 4.78 is 5.18. The first-order valence-electron chi connectivity index (χ1n) is 7.37. The standard InChI is InChI=1S/C16H26N2O2/c1-3-15(16(19)20-4-2)18(12-8-11-17)13-14-9-6-5-7-10-14/h5-7,9-10,15H,3-4,8,11-13,17H2,1-2H3. The second-order valence-electron chi connectivity index (χ2n) is 4.77. The molecule has 0 aliphatic rings. The summed E-state index contributed by atoms with van der Waals surface area (Å²) in [4.78, 5) is 14.2. The van der Waals surface area contributed by atoms with Crippen LogP contribution in [0.4, 0.5) is 0 Å². The molecular weight excluding hydrogens is 252 g/mol. The summed E-state index contributed by atoms with van der Waals surface area (Å²) in [6.45, 7) is 6.46. The van der Waals surface area contributed by atoms with E-state index in [9.17, 15) is 4.79 Å². The van der Waals surface area contributed by atoms with E-state index < -0.39 is 0 Å². The zero-order chi connectivity index (χ0) is 14.8. The van der Waals surface area contributed by atoms with Gasteiger partial charge in [0.1, 0.15) is 6.04 Å². The smallest absolute Gasteiger partial charge is 0.323 e. The van der Waals surface area contributed by atoms with Crippen molar-refractivity contribution in [3.8, 4) is 0 Å². The molecule has 0 aliphatic carbocycles. The van der Waals surface area contributed by atoms with Crippen molar-refractivity contribution in [2.75, 3.05) is 19.7 Å². The predicted molar refractivity (Wildman–Crippen MR) is 81.2 cm³/mol. The number of nitrogens with zero attached hydrogens (tertiary/aromatic N) is 1. The Morgan fingerprint density at radius 1 is 1.30 bits per heavy atom. The SMILES string of the molecule is CCOC(=O)C(CC)N(CCCN)Cc1ccccc1. The number of benzene rings is 1. The van der Waals surface area contributed by atoms with Gasteiger partial charge in [0.05, 0.1) is 6.61 Å².